The zero-order valence-electron chi connectivity index (χ0n) is 9.95. The molecule has 1 N–H and O–H groups in total. The Kier molecular flexibility index (Phi) is 3.01. The van der Waals surface area contributed by atoms with Gasteiger partial charge in [-0.1, -0.05) is 17.7 Å². The van der Waals surface area contributed by atoms with Crippen LogP contribution in [-0.2, 0) is 6.61 Å². The minimum Gasteiger partial charge on any atom is -0.508 e. The van der Waals surface area contributed by atoms with Crippen LogP contribution in [0.2, 0.25) is 5.02 Å². The first-order valence-electron chi connectivity index (χ1n) is 5.76. The summed E-state index contributed by atoms with van der Waals surface area (Å²) in [5.41, 5.74) is 1.48. The third-order valence-electron chi connectivity index (χ3n) is 2.69. The summed E-state index contributed by atoms with van der Waals surface area (Å²) in [4.78, 5) is 4.39. The van der Waals surface area contributed by atoms with Crippen LogP contribution in [0.15, 0.2) is 48.8 Å². The van der Waals surface area contributed by atoms with E-state index in [0.717, 1.165) is 5.69 Å². The van der Waals surface area contributed by atoms with E-state index < -0.39 is 0 Å². The molecular formula is C14H11ClN2O2. The molecule has 3 rings (SSSR count). The number of pyridine rings is 1. The number of benzene rings is 1. The molecule has 0 spiro atoms. The van der Waals surface area contributed by atoms with Gasteiger partial charge in [0.1, 0.15) is 18.1 Å². The Morgan fingerprint density at radius 2 is 2.16 bits per heavy atom. The smallest absolute Gasteiger partial charge is 0.155 e. The number of rotatable bonds is 3. The normalized spacial score (nSPS) is 10.8. The molecule has 0 radical (unpaired) electrons. The fourth-order valence-corrected chi connectivity index (χ4v) is 2.04. The summed E-state index contributed by atoms with van der Waals surface area (Å²) in [5, 5.41) is 9.95. The summed E-state index contributed by atoms with van der Waals surface area (Å²) in [5.74, 6) is 0.777. The minimum absolute atomic E-state index is 0.176. The SMILES string of the molecule is Oc1cccc(OCc2cn3cccc(Cl)c3n2)c1. The van der Waals surface area contributed by atoms with Crippen molar-refractivity contribution in [2.24, 2.45) is 0 Å². The van der Waals surface area contributed by atoms with Gasteiger partial charge in [0.25, 0.3) is 0 Å². The Hall–Kier alpha value is -2.20. The molecule has 0 aliphatic carbocycles. The molecule has 0 amide bonds. The fourth-order valence-electron chi connectivity index (χ4n) is 1.83. The van der Waals surface area contributed by atoms with Crippen LogP contribution < -0.4 is 4.74 Å². The Balaban J connectivity index is 1.80. The predicted molar refractivity (Wildman–Crippen MR) is 72.6 cm³/mol. The number of ether oxygens (including phenoxy) is 1. The van der Waals surface area contributed by atoms with Gasteiger partial charge >= 0.3 is 0 Å². The summed E-state index contributed by atoms with van der Waals surface area (Å²) in [6.45, 7) is 0.321. The lowest BCUT2D eigenvalue weighted by Gasteiger charge is -2.03. The molecule has 0 aliphatic heterocycles. The van der Waals surface area contributed by atoms with Crippen molar-refractivity contribution >= 4 is 17.2 Å². The molecule has 0 aliphatic rings. The maximum atomic E-state index is 9.34. The number of aromatic nitrogens is 2. The molecule has 3 aromatic rings. The highest BCUT2D eigenvalue weighted by molar-refractivity contribution is 6.33. The van der Waals surface area contributed by atoms with E-state index >= 15 is 0 Å². The van der Waals surface area contributed by atoms with Gasteiger partial charge in [-0.3, -0.25) is 0 Å². The topological polar surface area (TPSA) is 46.8 Å². The van der Waals surface area contributed by atoms with Crippen molar-refractivity contribution in [1.29, 1.82) is 0 Å². The first-order chi connectivity index (χ1) is 9.22. The molecule has 19 heavy (non-hydrogen) atoms. The number of hydrogen-bond donors (Lipinski definition) is 1. The van der Waals surface area contributed by atoms with Crippen LogP contribution in [0.1, 0.15) is 5.69 Å². The van der Waals surface area contributed by atoms with Gasteiger partial charge < -0.3 is 14.2 Å². The summed E-state index contributed by atoms with van der Waals surface area (Å²) < 4.78 is 7.41. The monoisotopic (exact) mass is 274 g/mol. The third-order valence-corrected chi connectivity index (χ3v) is 2.98. The summed E-state index contributed by atoms with van der Waals surface area (Å²) >= 11 is 6.05. The van der Waals surface area contributed by atoms with E-state index in [9.17, 15) is 5.11 Å². The Labute approximate surface area is 114 Å². The van der Waals surface area contributed by atoms with E-state index in [1.807, 2.05) is 22.9 Å². The second kappa shape index (κ2) is 4.82. The lowest BCUT2D eigenvalue weighted by molar-refractivity contribution is 0.300. The van der Waals surface area contributed by atoms with Crippen LogP contribution in [0.4, 0.5) is 0 Å². The van der Waals surface area contributed by atoms with Crippen LogP contribution in [0, 0.1) is 0 Å². The largest absolute Gasteiger partial charge is 0.508 e. The highest BCUT2D eigenvalue weighted by Gasteiger charge is 2.05. The zero-order chi connectivity index (χ0) is 13.2. The highest BCUT2D eigenvalue weighted by Crippen LogP contribution is 2.20. The van der Waals surface area contributed by atoms with Crippen molar-refractivity contribution in [2.75, 3.05) is 0 Å². The van der Waals surface area contributed by atoms with Crippen molar-refractivity contribution in [3.63, 3.8) is 0 Å². The second-order valence-electron chi connectivity index (χ2n) is 4.11. The van der Waals surface area contributed by atoms with Crippen LogP contribution in [-0.4, -0.2) is 14.5 Å². The molecule has 5 heteroatoms. The quantitative estimate of drug-likeness (QED) is 0.797. The zero-order valence-corrected chi connectivity index (χ0v) is 10.7. The average molecular weight is 275 g/mol. The fraction of sp³-hybridized carbons (Fsp3) is 0.0714. The van der Waals surface area contributed by atoms with Gasteiger partial charge in [0.05, 0.1) is 10.7 Å². The van der Waals surface area contributed by atoms with Crippen molar-refractivity contribution in [2.45, 2.75) is 6.61 Å². The van der Waals surface area contributed by atoms with E-state index in [2.05, 4.69) is 4.98 Å². The van der Waals surface area contributed by atoms with E-state index in [0.29, 0.717) is 23.0 Å². The lowest BCUT2D eigenvalue weighted by Crippen LogP contribution is -1.95. The predicted octanol–water partition coefficient (Wildman–Crippen LogP) is 3.27. The molecule has 0 saturated heterocycles. The highest BCUT2D eigenvalue weighted by atomic mass is 35.5. The Morgan fingerprint density at radius 3 is 2.95 bits per heavy atom. The van der Waals surface area contributed by atoms with Crippen LogP contribution in [0.5, 0.6) is 11.5 Å². The number of nitrogens with zero attached hydrogens (tertiary/aromatic N) is 2. The maximum absolute atomic E-state index is 9.34. The molecule has 1 aromatic carbocycles. The number of fused-ring (bicyclic) bond motifs is 1. The van der Waals surface area contributed by atoms with E-state index in [-0.39, 0.29) is 5.75 Å². The Morgan fingerprint density at radius 1 is 1.26 bits per heavy atom. The molecule has 2 heterocycles. The number of imidazole rings is 1. The van der Waals surface area contributed by atoms with Gasteiger partial charge in [0, 0.05) is 18.5 Å². The molecule has 0 atom stereocenters. The third kappa shape index (κ3) is 2.48. The van der Waals surface area contributed by atoms with E-state index in [1.54, 1.807) is 30.3 Å². The first-order valence-corrected chi connectivity index (χ1v) is 6.14. The van der Waals surface area contributed by atoms with Crippen molar-refractivity contribution in [3.05, 3.63) is 59.5 Å². The summed E-state index contributed by atoms with van der Waals surface area (Å²) in [7, 11) is 0. The Bertz CT molecular complexity index is 724. The van der Waals surface area contributed by atoms with Crippen molar-refractivity contribution in [1.82, 2.24) is 9.38 Å². The summed E-state index contributed by atoms with van der Waals surface area (Å²) in [6, 6.07) is 10.3. The molecule has 2 aromatic heterocycles. The number of aromatic hydroxyl groups is 1. The van der Waals surface area contributed by atoms with Crippen LogP contribution in [0.25, 0.3) is 5.65 Å². The van der Waals surface area contributed by atoms with Gasteiger partial charge in [-0.2, -0.15) is 0 Å². The number of phenols is 1. The first kappa shape index (κ1) is 11.9. The average Bonchev–Trinajstić information content (AvgIpc) is 2.81. The molecule has 4 nitrogen and oxygen atoms in total. The molecule has 96 valence electrons. The van der Waals surface area contributed by atoms with Gasteiger partial charge in [-0.15, -0.1) is 0 Å². The van der Waals surface area contributed by atoms with Gasteiger partial charge in [-0.25, -0.2) is 4.98 Å². The summed E-state index contributed by atoms with van der Waals surface area (Å²) in [6.07, 6.45) is 3.75. The number of halogens is 1. The molecule has 0 fully saturated rings. The molecular weight excluding hydrogens is 264 g/mol. The standard InChI is InChI=1S/C14H11ClN2O2/c15-13-5-2-6-17-8-10(16-14(13)17)9-19-12-4-1-3-11(18)7-12/h1-8,18H,9H2. The van der Waals surface area contributed by atoms with Crippen LogP contribution in [0.3, 0.4) is 0 Å². The van der Waals surface area contributed by atoms with Crippen molar-refractivity contribution < 1.29 is 9.84 Å². The molecule has 0 unspecified atom stereocenters. The van der Waals surface area contributed by atoms with E-state index in [1.165, 1.54) is 0 Å². The second-order valence-corrected chi connectivity index (χ2v) is 4.51. The number of phenolic OH excluding ortho intramolecular Hbond substituents is 1. The van der Waals surface area contributed by atoms with Gasteiger partial charge in [0.2, 0.25) is 0 Å². The molecule has 0 saturated carbocycles. The van der Waals surface area contributed by atoms with Gasteiger partial charge in [-0.05, 0) is 24.3 Å². The maximum Gasteiger partial charge on any atom is 0.155 e. The lowest BCUT2D eigenvalue weighted by atomic mass is 10.3. The van der Waals surface area contributed by atoms with Gasteiger partial charge in [0.15, 0.2) is 5.65 Å². The molecule has 0 bridgehead atoms. The minimum atomic E-state index is 0.176. The van der Waals surface area contributed by atoms with Crippen LogP contribution >= 0.6 is 11.6 Å². The van der Waals surface area contributed by atoms with Crippen molar-refractivity contribution in [3.8, 4) is 11.5 Å². The van der Waals surface area contributed by atoms with E-state index in [4.69, 9.17) is 16.3 Å². The number of hydrogen-bond acceptors (Lipinski definition) is 3.